The molecule has 134 valence electrons. The van der Waals surface area contributed by atoms with Crippen LogP contribution in [0.4, 0.5) is 11.4 Å². The van der Waals surface area contributed by atoms with E-state index in [-0.39, 0.29) is 22.4 Å². The second-order valence-corrected chi connectivity index (χ2v) is 5.06. The molecule has 10 heteroatoms. The lowest BCUT2D eigenvalue weighted by molar-refractivity contribution is -0.395. The summed E-state index contributed by atoms with van der Waals surface area (Å²) in [5.74, 6) is -1.54. The van der Waals surface area contributed by atoms with Gasteiger partial charge in [0.2, 0.25) is 0 Å². The predicted molar refractivity (Wildman–Crippen MR) is 87.2 cm³/mol. The van der Waals surface area contributed by atoms with Gasteiger partial charge in [0.15, 0.2) is 0 Å². The molecule has 0 amide bonds. The van der Waals surface area contributed by atoms with Crippen LogP contribution >= 0.6 is 0 Å². The van der Waals surface area contributed by atoms with E-state index in [4.69, 9.17) is 4.74 Å². The Morgan fingerprint density at radius 1 is 0.885 bits per heavy atom. The normalized spacial score (nSPS) is 10.1. The molecule has 10 nitrogen and oxygen atoms in total. The number of rotatable bonds is 5. The number of nitro benzene ring substituents is 2. The Bertz CT molecular complexity index is 870. The highest BCUT2D eigenvalue weighted by Crippen LogP contribution is 2.30. The molecule has 0 aliphatic rings. The summed E-state index contributed by atoms with van der Waals surface area (Å²) in [7, 11) is 1.22. The third-order valence-electron chi connectivity index (χ3n) is 3.47. The van der Waals surface area contributed by atoms with E-state index in [1.165, 1.54) is 38.3 Å². The van der Waals surface area contributed by atoms with E-state index in [0.29, 0.717) is 0 Å². The molecule has 0 fully saturated rings. The highest BCUT2D eigenvalue weighted by atomic mass is 16.6. The van der Waals surface area contributed by atoms with Crippen molar-refractivity contribution in [3.05, 3.63) is 73.3 Å². The third-order valence-corrected chi connectivity index (χ3v) is 3.47. The van der Waals surface area contributed by atoms with Crippen molar-refractivity contribution in [3.63, 3.8) is 0 Å². The van der Waals surface area contributed by atoms with Crippen LogP contribution in [0.3, 0.4) is 0 Å². The highest BCUT2D eigenvalue weighted by Gasteiger charge is 2.26. The average Bonchev–Trinajstić information content (AvgIpc) is 2.61. The van der Waals surface area contributed by atoms with Crippen LogP contribution in [0.25, 0.3) is 0 Å². The van der Waals surface area contributed by atoms with Gasteiger partial charge in [0.05, 0.1) is 28.1 Å². The number of ether oxygens (including phenoxy) is 2. The van der Waals surface area contributed by atoms with Crippen LogP contribution in [-0.4, -0.2) is 28.9 Å². The van der Waals surface area contributed by atoms with Crippen molar-refractivity contribution in [2.45, 2.75) is 6.92 Å². The van der Waals surface area contributed by atoms with Crippen LogP contribution < -0.4 is 4.74 Å². The summed E-state index contributed by atoms with van der Waals surface area (Å²) < 4.78 is 9.58. The van der Waals surface area contributed by atoms with Crippen LogP contribution in [0.1, 0.15) is 26.3 Å². The summed E-state index contributed by atoms with van der Waals surface area (Å²) >= 11 is 0. The number of nitrogens with zero attached hydrogens (tertiary/aromatic N) is 2. The molecular formula is C16H12N2O8. The number of esters is 2. The Labute approximate surface area is 146 Å². The van der Waals surface area contributed by atoms with Gasteiger partial charge < -0.3 is 9.47 Å². The number of carbonyl (C=O) groups excluding carboxylic acids is 2. The third kappa shape index (κ3) is 3.80. The molecule has 2 rings (SSSR count). The minimum absolute atomic E-state index is 0.0496. The molecule has 2 aromatic carbocycles. The quantitative estimate of drug-likeness (QED) is 0.343. The topological polar surface area (TPSA) is 139 Å². The van der Waals surface area contributed by atoms with Crippen molar-refractivity contribution in [3.8, 4) is 5.75 Å². The lowest BCUT2D eigenvalue weighted by Gasteiger charge is -2.06. The molecule has 0 heterocycles. The van der Waals surface area contributed by atoms with Crippen molar-refractivity contribution in [2.75, 3.05) is 7.11 Å². The summed E-state index contributed by atoms with van der Waals surface area (Å²) in [6.07, 6.45) is 0. The molecule has 0 atom stereocenters. The predicted octanol–water partition coefficient (Wildman–Crippen LogP) is 2.82. The molecule has 0 saturated carbocycles. The Hall–Kier alpha value is -3.82. The number of carbonyl (C=O) groups is 2. The Morgan fingerprint density at radius 3 is 1.81 bits per heavy atom. The molecule has 0 saturated heterocycles. The van der Waals surface area contributed by atoms with Crippen LogP contribution in [0.5, 0.6) is 5.75 Å². The van der Waals surface area contributed by atoms with Gasteiger partial charge in [-0.3, -0.25) is 20.2 Å². The minimum atomic E-state index is -1.01. The van der Waals surface area contributed by atoms with E-state index in [9.17, 15) is 29.8 Å². The maximum absolute atomic E-state index is 12.2. The monoisotopic (exact) mass is 360 g/mol. The first-order chi connectivity index (χ1) is 12.2. The lowest BCUT2D eigenvalue weighted by atomic mass is 10.1. The van der Waals surface area contributed by atoms with Gasteiger partial charge in [0.25, 0.3) is 11.4 Å². The zero-order chi connectivity index (χ0) is 19.4. The molecule has 0 unspecified atom stereocenters. The zero-order valence-corrected chi connectivity index (χ0v) is 13.6. The summed E-state index contributed by atoms with van der Waals surface area (Å²) in [5.41, 5.74) is -1.40. The molecule has 26 heavy (non-hydrogen) atoms. The number of hydrogen-bond acceptors (Lipinski definition) is 8. The van der Waals surface area contributed by atoms with Gasteiger partial charge in [-0.25, -0.2) is 9.59 Å². The van der Waals surface area contributed by atoms with Crippen LogP contribution in [0.2, 0.25) is 0 Å². The van der Waals surface area contributed by atoms with Crippen molar-refractivity contribution in [2.24, 2.45) is 0 Å². The first-order valence-corrected chi connectivity index (χ1v) is 7.08. The highest BCUT2D eigenvalue weighted by molar-refractivity contribution is 5.93. The van der Waals surface area contributed by atoms with Crippen molar-refractivity contribution in [1.29, 1.82) is 0 Å². The summed E-state index contributed by atoms with van der Waals surface area (Å²) in [6, 6.07) is 7.17. The number of nitro groups is 2. The maximum atomic E-state index is 12.2. The molecule has 0 aromatic heterocycles. The van der Waals surface area contributed by atoms with E-state index in [2.05, 4.69) is 4.74 Å². The van der Waals surface area contributed by atoms with Crippen molar-refractivity contribution < 1.29 is 28.9 Å². The molecule has 0 spiro atoms. The molecule has 2 aromatic rings. The Balaban J connectivity index is 2.33. The van der Waals surface area contributed by atoms with E-state index in [1.54, 1.807) is 0 Å². The smallest absolute Gasteiger partial charge is 0.344 e. The second kappa shape index (κ2) is 7.38. The fourth-order valence-corrected chi connectivity index (χ4v) is 2.12. The van der Waals surface area contributed by atoms with Gasteiger partial charge in [0, 0.05) is 12.1 Å². The number of methoxy groups -OCH3 is 1. The number of hydrogen-bond donors (Lipinski definition) is 0. The van der Waals surface area contributed by atoms with Gasteiger partial charge in [-0.2, -0.15) is 0 Å². The van der Waals surface area contributed by atoms with Crippen molar-refractivity contribution in [1.82, 2.24) is 0 Å². The molecule has 0 aliphatic carbocycles. The fourth-order valence-electron chi connectivity index (χ4n) is 2.12. The SMILES string of the molecule is COC(=O)c1ccc(OC(=O)c2cc([N+](=O)[O-])c(C)c([N+](=O)[O-])c2)cc1. The largest absolute Gasteiger partial charge is 0.465 e. The fraction of sp³-hybridized carbons (Fsp3) is 0.125. The summed E-state index contributed by atoms with van der Waals surface area (Å²) in [4.78, 5) is 44.0. The van der Waals surface area contributed by atoms with Crippen LogP contribution in [0.15, 0.2) is 36.4 Å². The Kier molecular flexibility index (Phi) is 5.26. The lowest BCUT2D eigenvalue weighted by Crippen LogP contribution is -2.11. The van der Waals surface area contributed by atoms with Gasteiger partial charge >= 0.3 is 11.9 Å². The standard InChI is InChI=1S/C16H12N2O8/c1-9-13(17(21)22)7-11(8-14(9)18(23)24)16(20)26-12-5-3-10(4-6-12)15(19)25-2/h3-8H,1-2H3. The van der Waals surface area contributed by atoms with E-state index in [0.717, 1.165) is 12.1 Å². The number of benzene rings is 2. The molecule has 0 bridgehead atoms. The summed E-state index contributed by atoms with van der Waals surface area (Å²) in [5, 5.41) is 22.1. The van der Waals surface area contributed by atoms with E-state index < -0.39 is 33.2 Å². The summed E-state index contributed by atoms with van der Waals surface area (Å²) in [6.45, 7) is 1.22. The van der Waals surface area contributed by atoms with Gasteiger partial charge in [-0.15, -0.1) is 0 Å². The Morgan fingerprint density at radius 2 is 1.38 bits per heavy atom. The molecule has 0 N–H and O–H groups in total. The van der Waals surface area contributed by atoms with Gasteiger partial charge in [-0.1, -0.05) is 0 Å². The van der Waals surface area contributed by atoms with E-state index in [1.807, 2.05) is 0 Å². The minimum Gasteiger partial charge on any atom is -0.465 e. The van der Waals surface area contributed by atoms with E-state index >= 15 is 0 Å². The van der Waals surface area contributed by atoms with Crippen LogP contribution in [-0.2, 0) is 4.74 Å². The van der Waals surface area contributed by atoms with Gasteiger partial charge in [0.1, 0.15) is 11.3 Å². The van der Waals surface area contributed by atoms with Gasteiger partial charge in [-0.05, 0) is 31.2 Å². The van der Waals surface area contributed by atoms with Crippen molar-refractivity contribution >= 4 is 23.3 Å². The molecule has 0 aliphatic heterocycles. The first-order valence-electron chi connectivity index (χ1n) is 7.08. The first kappa shape index (κ1) is 18.5. The average molecular weight is 360 g/mol. The maximum Gasteiger partial charge on any atom is 0.344 e. The second-order valence-electron chi connectivity index (χ2n) is 5.06. The molecule has 0 radical (unpaired) electrons. The zero-order valence-electron chi connectivity index (χ0n) is 13.6. The van der Waals surface area contributed by atoms with Crippen LogP contribution in [0, 0.1) is 27.2 Å². The molecular weight excluding hydrogens is 348 g/mol.